The molecule has 1 saturated heterocycles. The number of anilines is 1. The Bertz CT molecular complexity index is 1210. The molecule has 1 atom stereocenters. The second-order valence-electron chi connectivity index (χ2n) is 7.77. The van der Waals surface area contributed by atoms with Crippen LogP contribution in [0, 0.1) is 0 Å². The van der Waals surface area contributed by atoms with Crippen LogP contribution in [0.2, 0.25) is 0 Å². The zero-order valence-electron chi connectivity index (χ0n) is 18.9. The molecule has 3 aromatic rings. The van der Waals surface area contributed by atoms with Gasteiger partial charge in [-0.2, -0.15) is 4.31 Å². The van der Waals surface area contributed by atoms with Gasteiger partial charge in [-0.05, 0) is 49.6 Å². The Morgan fingerprint density at radius 3 is 2.44 bits per heavy atom. The molecule has 0 aliphatic carbocycles. The van der Waals surface area contributed by atoms with Gasteiger partial charge in [0.05, 0.1) is 17.3 Å². The van der Waals surface area contributed by atoms with Gasteiger partial charge in [-0.1, -0.05) is 54.2 Å². The fourth-order valence-electron chi connectivity index (χ4n) is 3.74. The molecule has 4 rings (SSSR count). The summed E-state index contributed by atoms with van der Waals surface area (Å²) in [6, 6.07) is 19.9. The summed E-state index contributed by atoms with van der Waals surface area (Å²) in [5.74, 6) is 0.378. The minimum Gasteiger partial charge on any atom is -0.492 e. The zero-order valence-corrected chi connectivity index (χ0v) is 20.5. The Balaban J connectivity index is 1.56. The summed E-state index contributed by atoms with van der Waals surface area (Å²) in [7, 11) is -3.53. The summed E-state index contributed by atoms with van der Waals surface area (Å²) in [6.07, 6.45) is 3.13. The summed E-state index contributed by atoms with van der Waals surface area (Å²) < 4.78 is 32.7. The number of rotatable bonds is 9. The van der Waals surface area contributed by atoms with E-state index in [1.807, 2.05) is 55.5 Å². The molecule has 1 aliphatic rings. The molecule has 0 spiro atoms. The van der Waals surface area contributed by atoms with Crippen molar-refractivity contribution in [3.8, 4) is 5.75 Å². The van der Waals surface area contributed by atoms with Crippen molar-refractivity contribution in [1.29, 1.82) is 0 Å². The fraction of sp³-hybridized carbons (Fsp3) is 0.280. The van der Waals surface area contributed by atoms with Crippen molar-refractivity contribution in [3.63, 3.8) is 0 Å². The highest BCUT2D eigenvalue weighted by Gasteiger charge is 2.28. The molecule has 7 nitrogen and oxygen atoms in total. The quantitative estimate of drug-likeness (QED) is 0.430. The molecule has 9 heteroatoms. The van der Waals surface area contributed by atoms with Gasteiger partial charge in [-0.3, -0.25) is 4.79 Å². The number of benzene rings is 2. The molecule has 2 aromatic carbocycles. The van der Waals surface area contributed by atoms with Crippen molar-refractivity contribution in [1.82, 2.24) is 9.29 Å². The lowest BCUT2D eigenvalue weighted by Gasteiger charge is -2.19. The van der Waals surface area contributed by atoms with E-state index in [0.29, 0.717) is 36.2 Å². The molecule has 0 unspecified atom stereocenters. The number of sulfonamides is 1. The first-order valence-electron chi connectivity index (χ1n) is 11.2. The number of thioether (sulfide) groups is 1. The molecule has 178 valence electrons. The van der Waals surface area contributed by atoms with Gasteiger partial charge in [0.2, 0.25) is 15.9 Å². The van der Waals surface area contributed by atoms with Gasteiger partial charge in [0, 0.05) is 19.3 Å². The Morgan fingerprint density at radius 2 is 1.76 bits per heavy atom. The molecule has 34 heavy (non-hydrogen) atoms. The van der Waals surface area contributed by atoms with Crippen LogP contribution in [0.3, 0.4) is 0 Å². The van der Waals surface area contributed by atoms with Crippen LogP contribution in [0.25, 0.3) is 0 Å². The number of pyridine rings is 1. The predicted molar refractivity (Wildman–Crippen MR) is 134 cm³/mol. The Kier molecular flexibility index (Phi) is 7.87. The van der Waals surface area contributed by atoms with Crippen LogP contribution in [-0.2, 0) is 14.8 Å². The number of para-hydroxylation sites is 2. The summed E-state index contributed by atoms with van der Waals surface area (Å²) in [6.45, 7) is 3.46. The number of ether oxygens (including phenoxy) is 1. The van der Waals surface area contributed by atoms with Gasteiger partial charge in [-0.15, -0.1) is 0 Å². The molecular formula is C25H27N3O4S2. The average Bonchev–Trinajstić information content (AvgIpc) is 3.41. The number of hydrogen-bond donors (Lipinski definition) is 1. The monoisotopic (exact) mass is 497 g/mol. The molecule has 1 fully saturated rings. The van der Waals surface area contributed by atoms with E-state index in [9.17, 15) is 13.2 Å². The lowest BCUT2D eigenvalue weighted by atomic mass is 10.1. The van der Waals surface area contributed by atoms with Crippen LogP contribution in [0.5, 0.6) is 5.75 Å². The van der Waals surface area contributed by atoms with Gasteiger partial charge >= 0.3 is 0 Å². The van der Waals surface area contributed by atoms with Crippen molar-refractivity contribution in [2.45, 2.75) is 34.9 Å². The number of carbonyl (C=O) groups excluding carboxylic acids is 1. The van der Waals surface area contributed by atoms with Crippen LogP contribution < -0.4 is 10.1 Å². The smallest absolute Gasteiger partial charge is 0.244 e. The highest BCUT2D eigenvalue weighted by atomic mass is 32.2. The second kappa shape index (κ2) is 11.0. The maximum Gasteiger partial charge on any atom is 0.244 e. The van der Waals surface area contributed by atoms with E-state index in [1.165, 1.54) is 22.3 Å². The molecule has 2 heterocycles. The Hall–Kier alpha value is -2.88. The van der Waals surface area contributed by atoms with E-state index in [4.69, 9.17) is 4.74 Å². The molecule has 0 saturated carbocycles. The average molecular weight is 498 g/mol. The van der Waals surface area contributed by atoms with Gasteiger partial charge in [0.25, 0.3) is 0 Å². The Morgan fingerprint density at radius 1 is 1.06 bits per heavy atom. The lowest BCUT2D eigenvalue weighted by molar-refractivity contribution is -0.115. The van der Waals surface area contributed by atoms with Crippen molar-refractivity contribution >= 4 is 33.4 Å². The Labute approximate surface area is 204 Å². The van der Waals surface area contributed by atoms with E-state index in [0.717, 1.165) is 18.4 Å². The van der Waals surface area contributed by atoms with E-state index >= 15 is 0 Å². The standard InChI is InChI=1S/C25H27N3O4S2/c1-2-32-22-13-7-6-12-21(22)27-25(29)24(19-10-4-3-5-11-19)33-23-15-14-20(18-26-23)34(30,31)28-16-8-9-17-28/h3-7,10-15,18,24H,2,8-9,16-17H2,1H3,(H,27,29)/t24-/m1/s1. The van der Waals surface area contributed by atoms with Gasteiger partial charge < -0.3 is 10.1 Å². The third kappa shape index (κ3) is 5.60. The normalized spacial score (nSPS) is 15.1. The first kappa shape index (κ1) is 24.3. The maximum absolute atomic E-state index is 13.4. The van der Waals surface area contributed by atoms with Crippen molar-refractivity contribution in [2.75, 3.05) is 25.0 Å². The highest BCUT2D eigenvalue weighted by molar-refractivity contribution is 8.00. The van der Waals surface area contributed by atoms with Crippen LogP contribution in [0.1, 0.15) is 30.6 Å². The number of carbonyl (C=O) groups is 1. The van der Waals surface area contributed by atoms with E-state index in [-0.39, 0.29) is 10.8 Å². The summed E-state index contributed by atoms with van der Waals surface area (Å²) in [4.78, 5) is 17.9. The van der Waals surface area contributed by atoms with Gasteiger partial charge in [0.1, 0.15) is 15.9 Å². The fourth-order valence-corrected chi connectivity index (χ4v) is 6.16. The van der Waals surface area contributed by atoms with Crippen molar-refractivity contribution < 1.29 is 17.9 Å². The number of hydrogen-bond acceptors (Lipinski definition) is 6. The van der Waals surface area contributed by atoms with E-state index < -0.39 is 15.3 Å². The van der Waals surface area contributed by atoms with Gasteiger partial charge in [0.15, 0.2) is 0 Å². The van der Waals surface area contributed by atoms with Crippen molar-refractivity contribution in [3.05, 3.63) is 78.5 Å². The molecule has 0 bridgehead atoms. The third-order valence-corrected chi connectivity index (χ3v) is 8.52. The number of aromatic nitrogens is 1. The number of amides is 1. The van der Waals surface area contributed by atoms with E-state index in [1.54, 1.807) is 18.2 Å². The maximum atomic E-state index is 13.4. The highest BCUT2D eigenvalue weighted by Crippen LogP contribution is 2.36. The molecule has 0 radical (unpaired) electrons. The van der Waals surface area contributed by atoms with Gasteiger partial charge in [-0.25, -0.2) is 13.4 Å². The van der Waals surface area contributed by atoms with Crippen LogP contribution in [0.15, 0.2) is 82.8 Å². The zero-order chi connectivity index (χ0) is 24.0. The molecule has 1 N–H and O–H groups in total. The minimum atomic E-state index is -3.53. The summed E-state index contributed by atoms with van der Waals surface area (Å²) >= 11 is 1.27. The second-order valence-corrected chi connectivity index (χ2v) is 10.8. The first-order valence-corrected chi connectivity index (χ1v) is 13.5. The first-order chi connectivity index (χ1) is 16.5. The number of nitrogens with zero attached hydrogens (tertiary/aromatic N) is 2. The third-order valence-electron chi connectivity index (χ3n) is 5.44. The minimum absolute atomic E-state index is 0.171. The topological polar surface area (TPSA) is 88.6 Å². The summed E-state index contributed by atoms with van der Waals surface area (Å²) in [5.41, 5.74) is 1.41. The molecule has 1 amide bonds. The van der Waals surface area contributed by atoms with E-state index in [2.05, 4.69) is 10.3 Å². The molecule has 1 aliphatic heterocycles. The molecular weight excluding hydrogens is 470 g/mol. The molecule has 1 aromatic heterocycles. The predicted octanol–water partition coefficient (Wildman–Crippen LogP) is 4.74. The largest absolute Gasteiger partial charge is 0.492 e. The number of nitrogens with one attached hydrogen (secondary N) is 1. The van der Waals surface area contributed by atoms with Crippen molar-refractivity contribution in [2.24, 2.45) is 0 Å². The summed E-state index contributed by atoms with van der Waals surface area (Å²) in [5, 5.41) is 2.94. The van der Waals surface area contributed by atoms with Crippen LogP contribution in [-0.4, -0.2) is 43.3 Å². The lowest BCUT2D eigenvalue weighted by Crippen LogP contribution is -2.27. The van der Waals surface area contributed by atoms with Crippen LogP contribution in [0.4, 0.5) is 5.69 Å². The van der Waals surface area contributed by atoms with Crippen LogP contribution >= 0.6 is 11.8 Å². The SMILES string of the molecule is CCOc1ccccc1NC(=O)[C@H](Sc1ccc(S(=O)(=O)N2CCCC2)cn1)c1ccccc1.